The Bertz CT molecular complexity index is 739. The molecule has 140 valence electrons. The van der Waals surface area contributed by atoms with E-state index in [2.05, 4.69) is 27.3 Å². The Labute approximate surface area is 167 Å². The highest BCUT2D eigenvalue weighted by atomic mass is 35.5. The van der Waals surface area contributed by atoms with Crippen molar-refractivity contribution in [1.29, 1.82) is 0 Å². The molecule has 5 nitrogen and oxygen atoms in total. The van der Waals surface area contributed by atoms with Gasteiger partial charge in [0, 0.05) is 23.9 Å². The van der Waals surface area contributed by atoms with Crippen molar-refractivity contribution in [3.05, 3.63) is 34.9 Å². The zero-order valence-electron chi connectivity index (χ0n) is 14.8. The first-order valence-electron chi connectivity index (χ1n) is 8.88. The number of benzene rings is 1. The van der Waals surface area contributed by atoms with Gasteiger partial charge in [-0.2, -0.15) is 0 Å². The standard InChI is InChI=1S/C18H23ClN4OS2/c1-2-10-25-18-22-21-17(26-18)20-16(24)14-7-5-9-23(12-14)11-13-6-3-4-8-15(13)19/h3-4,6,8,14H,2,5,7,9-12H2,1H3,(H,20,21,24)/t14-/m0/s1. The first-order chi connectivity index (χ1) is 12.7. The van der Waals surface area contributed by atoms with Crippen LogP contribution in [0.15, 0.2) is 28.6 Å². The number of carbonyl (C=O) groups is 1. The lowest BCUT2D eigenvalue weighted by Crippen LogP contribution is -2.40. The van der Waals surface area contributed by atoms with Gasteiger partial charge >= 0.3 is 0 Å². The molecule has 0 aliphatic carbocycles. The first kappa shape index (κ1) is 19.6. The third-order valence-corrected chi connectivity index (χ3v) is 6.84. The summed E-state index contributed by atoms with van der Waals surface area (Å²) in [5.41, 5.74) is 1.11. The van der Waals surface area contributed by atoms with Crippen molar-refractivity contribution in [1.82, 2.24) is 15.1 Å². The second kappa shape index (κ2) is 9.69. The topological polar surface area (TPSA) is 58.1 Å². The van der Waals surface area contributed by atoms with Gasteiger partial charge in [0.25, 0.3) is 0 Å². The van der Waals surface area contributed by atoms with Gasteiger partial charge in [0.05, 0.1) is 5.92 Å². The number of halogens is 1. The zero-order valence-corrected chi connectivity index (χ0v) is 17.2. The van der Waals surface area contributed by atoms with E-state index in [1.807, 2.05) is 24.3 Å². The van der Waals surface area contributed by atoms with E-state index in [9.17, 15) is 4.79 Å². The van der Waals surface area contributed by atoms with Crippen molar-refractivity contribution in [3.63, 3.8) is 0 Å². The highest BCUT2D eigenvalue weighted by Crippen LogP contribution is 2.27. The molecule has 2 aromatic rings. The maximum Gasteiger partial charge on any atom is 0.230 e. The average molecular weight is 411 g/mol. The van der Waals surface area contributed by atoms with Gasteiger partial charge in [-0.3, -0.25) is 9.69 Å². The molecular weight excluding hydrogens is 388 g/mol. The molecular formula is C18H23ClN4OS2. The van der Waals surface area contributed by atoms with Crippen LogP contribution in [0.3, 0.4) is 0 Å². The van der Waals surface area contributed by atoms with Gasteiger partial charge < -0.3 is 5.32 Å². The lowest BCUT2D eigenvalue weighted by atomic mass is 9.97. The Kier molecular flexibility index (Phi) is 7.31. The number of nitrogens with one attached hydrogen (secondary N) is 1. The summed E-state index contributed by atoms with van der Waals surface area (Å²) in [6, 6.07) is 7.89. The van der Waals surface area contributed by atoms with Gasteiger partial charge in [-0.25, -0.2) is 0 Å². The minimum absolute atomic E-state index is 0.0260. The van der Waals surface area contributed by atoms with Crippen LogP contribution in [-0.2, 0) is 11.3 Å². The van der Waals surface area contributed by atoms with Crippen LogP contribution in [0.5, 0.6) is 0 Å². The van der Waals surface area contributed by atoms with E-state index >= 15 is 0 Å². The fourth-order valence-corrected chi connectivity index (χ4v) is 4.87. The third-order valence-electron chi connectivity index (χ3n) is 4.29. The Balaban J connectivity index is 1.54. The maximum atomic E-state index is 12.6. The number of hydrogen-bond donors (Lipinski definition) is 1. The Morgan fingerprint density at radius 2 is 2.27 bits per heavy atom. The summed E-state index contributed by atoms with van der Waals surface area (Å²) in [5, 5.41) is 12.5. The van der Waals surface area contributed by atoms with Crippen LogP contribution in [0, 0.1) is 5.92 Å². The van der Waals surface area contributed by atoms with Gasteiger partial charge in [0.2, 0.25) is 11.0 Å². The van der Waals surface area contributed by atoms with Gasteiger partial charge in [0.15, 0.2) is 4.34 Å². The van der Waals surface area contributed by atoms with Gasteiger partial charge in [-0.05, 0) is 37.4 Å². The Morgan fingerprint density at radius 1 is 1.42 bits per heavy atom. The largest absolute Gasteiger partial charge is 0.300 e. The number of anilines is 1. The summed E-state index contributed by atoms with van der Waals surface area (Å²) in [6.45, 7) is 4.65. The molecule has 0 spiro atoms. The van der Waals surface area contributed by atoms with Crippen LogP contribution in [-0.4, -0.2) is 39.8 Å². The number of rotatable bonds is 7. The number of aromatic nitrogens is 2. The highest BCUT2D eigenvalue weighted by molar-refractivity contribution is 8.01. The minimum Gasteiger partial charge on any atom is -0.300 e. The fraction of sp³-hybridized carbons (Fsp3) is 0.500. The molecule has 8 heteroatoms. The molecule has 1 aromatic heterocycles. The molecule has 0 radical (unpaired) electrons. The molecule has 26 heavy (non-hydrogen) atoms. The molecule has 1 atom stereocenters. The molecule has 2 heterocycles. The maximum absolute atomic E-state index is 12.6. The first-order valence-corrected chi connectivity index (χ1v) is 11.1. The van der Waals surface area contributed by atoms with E-state index in [0.29, 0.717) is 5.13 Å². The van der Waals surface area contributed by atoms with Crippen LogP contribution < -0.4 is 5.32 Å². The van der Waals surface area contributed by atoms with E-state index in [1.165, 1.54) is 11.3 Å². The molecule has 1 fully saturated rings. The molecule has 1 aromatic carbocycles. The molecule has 1 N–H and O–H groups in total. The van der Waals surface area contributed by atoms with Crippen LogP contribution in [0.2, 0.25) is 5.02 Å². The van der Waals surface area contributed by atoms with Crippen molar-refractivity contribution < 1.29 is 4.79 Å². The normalized spacial score (nSPS) is 18.0. The number of likely N-dealkylation sites (tertiary alicyclic amines) is 1. The minimum atomic E-state index is -0.0260. The molecule has 0 bridgehead atoms. The van der Waals surface area contributed by atoms with E-state index in [4.69, 9.17) is 11.6 Å². The highest BCUT2D eigenvalue weighted by Gasteiger charge is 2.26. The molecule has 0 saturated carbocycles. The predicted octanol–water partition coefficient (Wildman–Crippen LogP) is 4.54. The van der Waals surface area contributed by atoms with Crippen molar-refractivity contribution in [3.8, 4) is 0 Å². The van der Waals surface area contributed by atoms with Gasteiger partial charge in [-0.1, -0.05) is 59.8 Å². The van der Waals surface area contributed by atoms with E-state index < -0.39 is 0 Å². The second-order valence-corrected chi connectivity index (χ2v) is 9.10. The number of hydrogen-bond acceptors (Lipinski definition) is 6. The fourth-order valence-electron chi connectivity index (χ4n) is 3.00. The van der Waals surface area contributed by atoms with Crippen LogP contribution in [0.1, 0.15) is 31.7 Å². The van der Waals surface area contributed by atoms with Crippen molar-refractivity contribution >= 4 is 45.7 Å². The summed E-state index contributed by atoms with van der Waals surface area (Å²) in [4.78, 5) is 14.9. The van der Waals surface area contributed by atoms with Crippen molar-refractivity contribution in [2.24, 2.45) is 5.92 Å². The number of carbonyl (C=O) groups excluding carboxylic acids is 1. The summed E-state index contributed by atoms with van der Waals surface area (Å²) in [7, 11) is 0. The number of thioether (sulfide) groups is 1. The molecule has 0 unspecified atom stereocenters. The lowest BCUT2D eigenvalue weighted by molar-refractivity contribution is -0.121. The van der Waals surface area contributed by atoms with Crippen LogP contribution >= 0.6 is 34.7 Å². The predicted molar refractivity (Wildman–Crippen MR) is 109 cm³/mol. The number of nitrogens with zero attached hydrogens (tertiary/aromatic N) is 3. The Hall–Kier alpha value is -1.15. The molecule has 1 saturated heterocycles. The van der Waals surface area contributed by atoms with Gasteiger partial charge in [0.1, 0.15) is 0 Å². The number of piperidine rings is 1. The van der Waals surface area contributed by atoms with Crippen LogP contribution in [0.25, 0.3) is 0 Å². The quantitative estimate of drug-likeness (QED) is 0.536. The van der Waals surface area contributed by atoms with Gasteiger partial charge in [-0.15, -0.1) is 10.2 Å². The lowest BCUT2D eigenvalue weighted by Gasteiger charge is -2.32. The summed E-state index contributed by atoms with van der Waals surface area (Å²) < 4.78 is 0.908. The van der Waals surface area contributed by atoms with E-state index in [-0.39, 0.29) is 11.8 Å². The smallest absolute Gasteiger partial charge is 0.230 e. The summed E-state index contributed by atoms with van der Waals surface area (Å²) in [5.74, 6) is 1.03. The second-order valence-electron chi connectivity index (χ2n) is 6.38. The number of amides is 1. The third kappa shape index (κ3) is 5.42. The van der Waals surface area contributed by atoms with Crippen LogP contribution in [0.4, 0.5) is 5.13 Å². The van der Waals surface area contributed by atoms with E-state index in [0.717, 1.165) is 59.6 Å². The average Bonchev–Trinajstić information content (AvgIpc) is 3.09. The van der Waals surface area contributed by atoms with E-state index in [1.54, 1.807) is 11.8 Å². The summed E-state index contributed by atoms with van der Waals surface area (Å²) >= 11 is 9.39. The zero-order chi connectivity index (χ0) is 18.4. The van der Waals surface area contributed by atoms with Crippen molar-refractivity contribution in [2.75, 3.05) is 24.2 Å². The molecule has 1 aliphatic heterocycles. The molecule has 1 amide bonds. The Morgan fingerprint density at radius 3 is 3.08 bits per heavy atom. The molecule has 1 aliphatic rings. The summed E-state index contributed by atoms with van der Waals surface area (Å²) in [6.07, 6.45) is 3.01. The molecule has 3 rings (SSSR count). The monoisotopic (exact) mass is 410 g/mol. The SMILES string of the molecule is CCCSc1nnc(NC(=O)[C@H]2CCCN(Cc3ccccc3Cl)C2)s1. The van der Waals surface area contributed by atoms with Crippen molar-refractivity contribution in [2.45, 2.75) is 37.1 Å².